The Labute approximate surface area is 123 Å². The average molecular weight is 293 g/mol. The van der Waals surface area contributed by atoms with Gasteiger partial charge in [-0.25, -0.2) is 9.97 Å². The van der Waals surface area contributed by atoms with Gasteiger partial charge in [-0.15, -0.1) is 0 Å². The van der Waals surface area contributed by atoms with Crippen molar-refractivity contribution in [2.24, 2.45) is 0 Å². The summed E-state index contributed by atoms with van der Waals surface area (Å²) in [5.41, 5.74) is 0.578. The molecule has 1 amide bonds. The van der Waals surface area contributed by atoms with E-state index in [9.17, 15) is 4.79 Å². The highest BCUT2D eigenvalue weighted by molar-refractivity contribution is 7.98. The summed E-state index contributed by atoms with van der Waals surface area (Å²) in [6, 6.07) is 0.227. The third-order valence-electron chi connectivity index (χ3n) is 4.05. The average Bonchev–Trinajstić information content (AvgIpc) is 2.54. The van der Waals surface area contributed by atoms with Crippen LogP contribution in [0.15, 0.2) is 17.6 Å². The summed E-state index contributed by atoms with van der Waals surface area (Å²) in [7, 11) is 0. The number of nitrogens with zero attached hydrogens (tertiary/aromatic N) is 3. The maximum absolute atomic E-state index is 12.6. The lowest BCUT2D eigenvalue weighted by Gasteiger charge is -2.43. The van der Waals surface area contributed by atoms with Crippen molar-refractivity contribution in [2.75, 3.05) is 19.4 Å². The molecule has 1 aliphatic carbocycles. The van der Waals surface area contributed by atoms with Crippen molar-refractivity contribution in [1.82, 2.24) is 14.9 Å². The quantitative estimate of drug-likeness (QED) is 0.616. The number of rotatable bonds is 2. The second kappa shape index (κ2) is 6.10. The summed E-state index contributed by atoms with van der Waals surface area (Å²) in [5, 5.41) is 0.694. The molecule has 0 N–H and O–H groups in total. The zero-order chi connectivity index (χ0) is 13.9. The molecule has 3 rings (SSSR count). The molecule has 0 bridgehead atoms. The summed E-state index contributed by atoms with van der Waals surface area (Å²) in [4.78, 5) is 23.0. The standard InChI is InChI=1S/C14H19N3O2S/c1-20-14-15-8-10(9-16-14)13(18)17-6-7-19-12-5-3-2-4-11(12)17/h8-9,11-12H,2-7H2,1H3/t11-,12-/m1/s1. The lowest BCUT2D eigenvalue weighted by molar-refractivity contribution is -0.0753. The second-order valence-electron chi connectivity index (χ2n) is 5.22. The normalized spacial score (nSPS) is 26.1. The highest BCUT2D eigenvalue weighted by Crippen LogP contribution is 2.29. The number of ether oxygens (including phenoxy) is 1. The summed E-state index contributed by atoms with van der Waals surface area (Å²) < 4.78 is 5.81. The Kier molecular flexibility index (Phi) is 4.21. The van der Waals surface area contributed by atoms with Crippen LogP contribution >= 0.6 is 11.8 Å². The van der Waals surface area contributed by atoms with E-state index >= 15 is 0 Å². The lowest BCUT2D eigenvalue weighted by Crippen LogP contribution is -2.54. The maximum atomic E-state index is 12.6. The van der Waals surface area contributed by atoms with Gasteiger partial charge in [-0.05, 0) is 19.1 Å². The highest BCUT2D eigenvalue weighted by Gasteiger charge is 2.37. The van der Waals surface area contributed by atoms with Gasteiger partial charge in [0.2, 0.25) is 0 Å². The third-order valence-corrected chi connectivity index (χ3v) is 4.63. The number of hydrogen-bond donors (Lipinski definition) is 0. The SMILES string of the molecule is CSc1ncc(C(=O)N2CCO[C@@H]3CCCC[C@H]32)cn1. The fraction of sp³-hybridized carbons (Fsp3) is 0.643. The first kappa shape index (κ1) is 13.8. The molecule has 0 unspecified atom stereocenters. The van der Waals surface area contributed by atoms with Crippen molar-refractivity contribution in [3.8, 4) is 0 Å². The number of thioether (sulfide) groups is 1. The van der Waals surface area contributed by atoms with Crippen molar-refractivity contribution >= 4 is 17.7 Å². The molecule has 0 aromatic carbocycles. The third kappa shape index (κ3) is 2.67. The number of aromatic nitrogens is 2. The van der Waals surface area contributed by atoms with E-state index in [4.69, 9.17) is 4.74 Å². The lowest BCUT2D eigenvalue weighted by atomic mass is 9.90. The van der Waals surface area contributed by atoms with Gasteiger partial charge in [0.25, 0.3) is 5.91 Å². The van der Waals surface area contributed by atoms with E-state index in [2.05, 4.69) is 9.97 Å². The van der Waals surface area contributed by atoms with E-state index in [1.54, 1.807) is 12.4 Å². The van der Waals surface area contributed by atoms with Crippen LogP contribution in [0.2, 0.25) is 0 Å². The van der Waals surface area contributed by atoms with E-state index in [0.717, 1.165) is 12.8 Å². The summed E-state index contributed by atoms with van der Waals surface area (Å²) >= 11 is 1.48. The fourth-order valence-electron chi connectivity index (χ4n) is 3.05. The number of hydrogen-bond acceptors (Lipinski definition) is 5. The van der Waals surface area contributed by atoms with Gasteiger partial charge in [-0.2, -0.15) is 0 Å². The molecule has 20 heavy (non-hydrogen) atoms. The minimum atomic E-state index is 0.0397. The van der Waals surface area contributed by atoms with Gasteiger partial charge in [-0.3, -0.25) is 4.79 Å². The second-order valence-corrected chi connectivity index (χ2v) is 5.99. The Morgan fingerprint density at radius 2 is 2.10 bits per heavy atom. The number of amides is 1. The molecule has 1 aromatic rings. The van der Waals surface area contributed by atoms with Gasteiger partial charge in [0.1, 0.15) is 0 Å². The molecule has 1 saturated carbocycles. The number of carbonyl (C=O) groups is 1. The van der Waals surface area contributed by atoms with Crippen LogP contribution in [0.5, 0.6) is 0 Å². The molecule has 6 heteroatoms. The number of fused-ring (bicyclic) bond motifs is 1. The minimum Gasteiger partial charge on any atom is -0.374 e. The molecule has 108 valence electrons. The smallest absolute Gasteiger partial charge is 0.257 e. The number of carbonyl (C=O) groups excluding carboxylic acids is 1. The van der Waals surface area contributed by atoms with Crippen LogP contribution in [-0.2, 0) is 4.74 Å². The van der Waals surface area contributed by atoms with Crippen LogP contribution in [-0.4, -0.2) is 52.3 Å². The summed E-state index contributed by atoms with van der Waals surface area (Å²) in [6.07, 6.45) is 9.89. The predicted octanol–water partition coefficient (Wildman–Crippen LogP) is 1.98. The Bertz CT molecular complexity index is 478. The van der Waals surface area contributed by atoms with Gasteiger partial charge >= 0.3 is 0 Å². The van der Waals surface area contributed by atoms with Gasteiger partial charge in [0, 0.05) is 18.9 Å². The van der Waals surface area contributed by atoms with Crippen molar-refractivity contribution < 1.29 is 9.53 Å². The molecular formula is C14H19N3O2S. The van der Waals surface area contributed by atoms with Crippen molar-refractivity contribution in [2.45, 2.75) is 43.0 Å². The molecule has 2 atom stereocenters. The molecule has 2 fully saturated rings. The van der Waals surface area contributed by atoms with Gasteiger partial charge in [0.15, 0.2) is 5.16 Å². The Morgan fingerprint density at radius 1 is 1.35 bits per heavy atom. The molecule has 1 aliphatic heterocycles. The zero-order valence-corrected chi connectivity index (χ0v) is 12.4. The summed E-state index contributed by atoms with van der Waals surface area (Å²) in [5.74, 6) is 0.0397. The Morgan fingerprint density at radius 3 is 2.85 bits per heavy atom. The molecule has 2 aliphatic rings. The topological polar surface area (TPSA) is 55.3 Å². The van der Waals surface area contributed by atoms with Gasteiger partial charge < -0.3 is 9.64 Å². The molecule has 0 spiro atoms. The van der Waals surface area contributed by atoms with Crippen molar-refractivity contribution in [1.29, 1.82) is 0 Å². The highest BCUT2D eigenvalue weighted by atomic mass is 32.2. The fourth-order valence-corrected chi connectivity index (χ4v) is 3.36. The van der Waals surface area contributed by atoms with Crippen LogP contribution in [0, 0.1) is 0 Å². The zero-order valence-electron chi connectivity index (χ0n) is 11.6. The molecular weight excluding hydrogens is 274 g/mol. The van der Waals surface area contributed by atoms with Gasteiger partial charge in [-0.1, -0.05) is 24.6 Å². The minimum absolute atomic E-state index is 0.0397. The van der Waals surface area contributed by atoms with E-state index in [0.29, 0.717) is 23.9 Å². The first-order valence-corrected chi connectivity index (χ1v) is 8.30. The van der Waals surface area contributed by atoms with Crippen molar-refractivity contribution in [3.63, 3.8) is 0 Å². The van der Waals surface area contributed by atoms with Crippen LogP contribution in [0.25, 0.3) is 0 Å². The molecule has 1 aromatic heterocycles. The number of morpholine rings is 1. The summed E-state index contributed by atoms with van der Waals surface area (Å²) in [6.45, 7) is 1.31. The Balaban J connectivity index is 1.77. The maximum Gasteiger partial charge on any atom is 0.257 e. The largest absolute Gasteiger partial charge is 0.374 e. The predicted molar refractivity (Wildman–Crippen MR) is 76.8 cm³/mol. The van der Waals surface area contributed by atoms with Crippen LogP contribution in [0.4, 0.5) is 0 Å². The first-order valence-electron chi connectivity index (χ1n) is 7.08. The van der Waals surface area contributed by atoms with E-state index in [-0.39, 0.29) is 18.1 Å². The molecule has 0 radical (unpaired) electrons. The Hall–Kier alpha value is -1.14. The monoisotopic (exact) mass is 293 g/mol. The first-order chi connectivity index (χ1) is 9.79. The van der Waals surface area contributed by atoms with E-state index < -0.39 is 0 Å². The van der Waals surface area contributed by atoms with E-state index in [1.165, 1.54) is 24.6 Å². The molecule has 5 nitrogen and oxygen atoms in total. The van der Waals surface area contributed by atoms with Gasteiger partial charge in [0.05, 0.1) is 24.3 Å². The molecule has 2 heterocycles. The van der Waals surface area contributed by atoms with Crippen LogP contribution < -0.4 is 0 Å². The van der Waals surface area contributed by atoms with E-state index in [1.807, 2.05) is 11.2 Å². The van der Waals surface area contributed by atoms with Crippen LogP contribution in [0.1, 0.15) is 36.0 Å². The molecule has 1 saturated heterocycles. The van der Waals surface area contributed by atoms with Crippen LogP contribution in [0.3, 0.4) is 0 Å². The van der Waals surface area contributed by atoms with Crippen molar-refractivity contribution in [3.05, 3.63) is 18.0 Å².